The topological polar surface area (TPSA) is 64.4 Å². The molecule has 1 atom stereocenters. The van der Waals surface area contributed by atoms with Gasteiger partial charge in [-0.05, 0) is 55.9 Å². The van der Waals surface area contributed by atoms with Gasteiger partial charge in [0, 0.05) is 25.2 Å². The highest BCUT2D eigenvalue weighted by Gasteiger charge is 2.45. The standard InChI is InChI=1S/C23H30ClN3O3/c1-5-30-22(29)23(14-17-8-6-9-18(24)12-17)10-7-11-27(15-23)21(28)20-13-19(16(2)3)25-26(20)4/h6,8-9,12-13,16H,5,7,10-11,14-15H2,1-4H3/t23-/m1/s1. The average molecular weight is 432 g/mol. The number of carbonyl (C=O) groups is 2. The molecule has 1 aromatic heterocycles. The van der Waals surface area contributed by atoms with Crippen molar-refractivity contribution in [2.45, 2.75) is 46.0 Å². The van der Waals surface area contributed by atoms with Crippen molar-refractivity contribution >= 4 is 23.5 Å². The SMILES string of the molecule is CCOC(=O)[C@@]1(Cc2cccc(Cl)c2)CCCN(C(=O)c2cc(C(C)C)nn2C)C1. The van der Waals surface area contributed by atoms with Gasteiger partial charge < -0.3 is 9.64 Å². The highest BCUT2D eigenvalue weighted by molar-refractivity contribution is 6.30. The number of esters is 1. The van der Waals surface area contributed by atoms with E-state index in [0.717, 1.165) is 17.7 Å². The maximum atomic E-state index is 13.3. The number of aryl methyl sites for hydroxylation is 1. The third-order valence-corrected chi connectivity index (χ3v) is 5.95. The first-order chi connectivity index (χ1) is 14.3. The van der Waals surface area contributed by atoms with E-state index in [0.29, 0.717) is 43.3 Å². The maximum Gasteiger partial charge on any atom is 0.314 e. The fourth-order valence-electron chi connectivity index (χ4n) is 4.14. The number of halogens is 1. The molecule has 0 bridgehead atoms. The summed E-state index contributed by atoms with van der Waals surface area (Å²) in [5.74, 6) is -0.118. The van der Waals surface area contributed by atoms with Gasteiger partial charge in [-0.1, -0.05) is 37.6 Å². The Morgan fingerprint density at radius 3 is 2.70 bits per heavy atom. The Bertz CT molecular complexity index is 924. The lowest BCUT2D eigenvalue weighted by atomic mass is 9.75. The lowest BCUT2D eigenvalue weighted by molar-refractivity contribution is -0.158. The fourth-order valence-corrected chi connectivity index (χ4v) is 4.36. The second-order valence-corrected chi connectivity index (χ2v) is 8.81. The van der Waals surface area contributed by atoms with Gasteiger partial charge >= 0.3 is 5.97 Å². The monoisotopic (exact) mass is 431 g/mol. The number of likely N-dealkylation sites (tertiary alicyclic amines) is 1. The number of hydrogen-bond acceptors (Lipinski definition) is 4. The van der Waals surface area contributed by atoms with Crippen molar-refractivity contribution in [3.8, 4) is 0 Å². The van der Waals surface area contributed by atoms with E-state index in [1.165, 1.54) is 0 Å². The summed E-state index contributed by atoms with van der Waals surface area (Å²) in [4.78, 5) is 28.2. The average Bonchev–Trinajstić information content (AvgIpc) is 3.10. The summed E-state index contributed by atoms with van der Waals surface area (Å²) in [6, 6.07) is 9.38. The molecule has 0 radical (unpaired) electrons. The Labute approximate surface area is 183 Å². The summed E-state index contributed by atoms with van der Waals surface area (Å²) in [5, 5.41) is 5.10. The molecule has 0 unspecified atom stereocenters. The molecule has 1 aliphatic heterocycles. The number of aromatic nitrogens is 2. The van der Waals surface area contributed by atoms with E-state index in [1.807, 2.05) is 44.2 Å². The molecule has 0 saturated carbocycles. The molecule has 1 aromatic carbocycles. The lowest BCUT2D eigenvalue weighted by Crippen LogP contribution is -2.52. The van der Waals surface area contributed by atoms with Crippen LogP contribution in [0.5, 0.6) is 0 Å². The highest BCUT2D eigenvalue weighted by atomic mass is 35.5. The minimum atomic E-state index is -0.784. The molecule has 0 spiro atoms. The molecule has 0 N–H and O–H groups in total. The largest absolute Gasteiger partial charge is 0.466 e. The molecule has 7 heteroatoms. The van der Waals surface area contributed by atoms with Crippen molar-refractivity contribution in [3.63, 3.8) is 0 Å². The van der Waals surface area contributed by atoms with Gasteiger partial charge in [0.2, 0.25) is 0 Å². The molecule has 1 aliphatic rings. The van der Waals surface area contributed by atoms with Crippen LogP contribution in [0.15, 0.2) is 30.3 Å². The predicted molar refractivity (Wildman–Crippen MR) is 117 cm³/mol. The zero-order chi connectivity index (χ0) is 21.9. The molecule has 2 aromatic rings. The third-order valence-electron chi connectivity index (χ3n) is 5.71. The Balaban J connectivity index is 1.89. The van der Waals surface area contributed by atoms with Crippen LogP contribution in [0, 0.1) is 5.41 Å². The van der Waals surface area contributed by atoms with E-state index in [4.69, 9.17) is 16.3 Å². The van der Waals surface area contributed by atoms with Crippen LogP contribution in [0.1, 0.15) is 61.3 Å². The summed E-state index contributed by atoms with van der Waals surface area (Å²) in [6.07, 6.45) is 1.89. The van der Waals surface area contributed by atoms with Gasteiger partial charge in [-0.2, -0.15) is 5.10 Å². The Morgan fingerprint density at radius 2 is 2.07 bits per heavy atom. The van der Waals surface area contributed by atoms with E-state index in [2.05, 4.69) is 5.10 Å². The fraction of sp³-hybridized carbons (Fsp3) is 0.522. The Kier molecular flexibility index (Phi) is 6.86. The molecule has 0 aliphatic carbocycles. The van der Waals surface area contributed by atoms with Crippen LogP contribution in [0.25, 0.3) is 0 Å². The molecule has 30 heavy (non-hydrogen) atoms. The summed E-state index contributed by atoms with van der Waals surface area (Å²) in [7, 11) is 1.79. The van der Waals surface area contributed by atoms with Crippen molar-refractivity contribution < 1.29 is 14.3 Å². The summed E-state index contributed by atoms with van der Waals surface area (Å²) in [5.41, 5.74) is 1.61. The number of hydrogen-bond donors (Lipinski definition) is 0. The number of nitrogens with zero attached hydrogens (tertiary/aromatic N) is 3. The van der Waals surface area contributed by atoms with E-state index in [1.54, 1.807) is 23.6 Å². The van der Waals surface area contributed by atoms with Gasteiger partial charge in [0.05, 0.1) is 17.7 Å². The number of carbonyl (C=O) groups excluding carboxylic acids is 2. The van der Waals surface area contributed by atoms with Gasteiger partial charge in [0.25, 0.3) is 5.91 Å². The highest BCUT2D eigenvalue weighted by Crippen LogP contribution is 2.36. The van der Waals surface area contributed by atoms with Crippen molar-refractivity contribution in [3.05, 3.63) is 52.3 Å². The smallest absolute Gasteiger partial charge is 0.314 e. The third kappa shape index (κ3) is 4.69. The second-order valence-electron chi connectivity index (χ2n) is 8.37. The molecule has 2 heterocycles. The van der Waals surface area contributed by atoms with E-state index < -0.39 is 5.41 Å². The van der Waals surface area contributed by atoms with Crippen molar-refractivity contribution in [2.75, 3.05) is 19.7 Å². The van der Waals surface area contributed by atoms with Crippen molar-refractivity contribution in [1.29, 1.82) is 0 Å². The van der Waals surface area contributed by atoms with Crippen molar-refractivity contribution in [2.24, 2.45) is 12.5 Å². The quantitative estimate of drug-likeness (QED) is 0.642. The molecule has 6 nitrogen and oxygen atoms in total. The summed E-state index contributed by atoms with van der Waals surface area (Å²) >= 11 is 6.16. The van der Waals surface area contributed by atoms with Crippen LogP contribution >= 0.6 is 11.6 Å². The van der Waals surface area contributed by atoms with Gasteiger partial charge in [-0.25, -0.2) is 0 Å². The summed E-state index contributed by atoms with van der Waals surface area (Å²) in [6.45, 7) is 7.14. The Morgan fingerprint density at radius 1 is 1.30 bits per heavy atom. The van der Waals surface area contributed by atoms with Crippen LogP contribution < -0.4 is 0 Å². The van der Waals surface area contributed by atoms with E-state index >= 15 is 0 Å². The number of rotatable bonds is 6. The molecular formula is C23H30ClN3O3. The van der Waals surface area contributed by atoms with E-state index in [9.17, 15) is 9.59 Å². The normalized spacial score (nSPS) is 19.2. The summed E-state index contributed by atoms with van der Waals surface area (Å²) < 4.78 is 7.09. The molecule has 1 saturated heterocycles. The molecule has 3 rings (SSSR count). The number of benzene rings is 1. The van der Waals surface area contributed by atoms with Gasteiger partial charge in [-0.15, -0.1) is 0 Å². The first-order valence-electron chi connectivity index (χ1n) is 10.5. The first-order valence-corrected chi connectivity index (χ1v) is 10.9. The zero-order valence-electron chi connectivity index (χ0n) is 18.2. The van der Waals surface area contributed by atoms with Crippen LogP contribution in [0.4, 0.5) is 0 Å². The van der Waals surface area contributed by atoms with Crippen molar-refractivity contribution in [1.82, 2.24) is 14.7 Å². The molecule has 1 fully saturated rings. The molecule has 162 valence electrons. The van der Waals surface area contributed by atoms with E-state index in [-0.39, 0.29) is 17.8 Å². The van der Waals surface area contributed by atoms with Crippen LogP contribution in [-0.4, -0.2) is 46.3 Å². The first kappa shape index (κ1) is 22.3. The lowest BCUT2D eigenvalue weighted by Gasteiger charge is -2.41. The van der Waals surface area contributed by atoms with Gasteiger partial charge in [-0.3, -0.25) is 14.3 Å². The van der Waals surface area contributed by atoms with Gasteiger partial charge in [0.1, 0.15) is 5.69 Å². The Hall–Kier alpha value is -2.34. The minimum absolute atomic E-state index is 0.101. The zero-order valence-corrected chi connectivity index (χ0v) is 18.9. The maximum absolute atomic E-state index is 13.3. The predicted octanol–water partition coefficient (Wildman–Crippen LogP) is 4.23. The second kappa shape index (κ2) is 9.21. The van der Waals surface area contributed by atoms with Crippen LogP contribution in [-0.2, 0) is 23.0 Å². The minimum Gasteiger partial charge on any atom is -0.466 e. The molecular weight excluding hydrogens is 402 g/mol. The number of ether oxygens (including phenoxy) is 1. The van der Waals surface area contributed by atoms with Crippen LogP contribution in [0.2, 0.25) is 5.02 Å². The van der Waals surface area contributed by atoms with Gasteiger partial charge in [0.15, 0.2) is 0 Å². The number of piperidine rings is 1. The van der Waals surface area contributed by atoms with Crippen LogP contribution in [0.3, 0.4) is 0 Å². The number of amides is 1. The molecule has 1 amide bonds.